The molecule has 1 aliphatic carbocycles. The van der Waals surface area contributed by atoms with Crippen molar-refractivity contribution in [3.05, 3.63) is 29.8 Å². The first-order valence-corrected chi connectivity index (χ1v) is 11.6. The van der Waals surface area contributed by atoms with Gasteiger partial charge < -0.3 is 4.90 Å². The van der Waals surface area contributed by atoms with Crippen molar-refractivity contribution in [3.8, 4) is 0 Å². The lowest BCUT2D eigenvalue weighted by atomic mass is 9.89. The van der Waals surface area contributed by atoms with E-state index in [0.29, 0.717) is 25.1 Å². The third-order valence-corrected chi connectivity index (χ3v) is 7.80. The van der Waals surface area contributed by atoms with Gasteiger partial charge in [0.15, 0.2) is 0 Å². The summed E-state index contributed by atoms with van der Waals surface area (Å²) in [6.45, 7) is 2.03. The second-order valence-corrected chi connectivity index (χ2v) is 9.94. The maximum Gasteiger partial charge on any atom is 0.246 e. The number of likely N-dealkylation sites (N-methyl/N-ethyl adjacent to an activating group) is 1. The number of benzene rings is 1. The Hall–Kier alpha value is -1.58. The number of hydrogen-bond acceptors (Lipinski definition) is 4. The first-order chi connectivity index (χ1) is 13.8. The van der Waals surface area contributed by atoms with Gasteiger partial charge in [0, 0.05) is 39.8 Å². The van der Waals surface area contributed by atoms with E-state index >= 15 is 0 Å². The van der Waals surface area contributed by atoms with E-state index in [4.69, 9.17) is 0 Å². The molecule has 0 unspecified atom stereocenters. The summed E-state index contributed by atoms with van der Waals surface area (Å²) in [6.07, 6.45) is 6.08. The normalized spacial score (nSPS) is 20.0. The Morgan fingerprint density at radius 1 is 1.10 bits per heavy atom. The van der Waals surface area contributed by atoms with Crippen LogP contribution < -0.4 is 0 Å². The summed E-state index contributed by atoms with van der Waals surface area (Å²) in [7, 11) is -2.28. The summed E-state index contributed by atoms with van der Waals surface area (Å²) in [5, 5.41) is 0. The Morgan fingerprint density at radius 2 is 1.76 bits per heavy atom. The molecule has 2 aliphatic rings. The number of sulfonamides is 1. The maximum atomic E-state index is 13.9. The molecule has 0 radical (unpaired) electrons. The molecule has 0 bridgehead atoms. The topological polar surface area (TPSA) is 60.9 Å². The fourth-order valence-electron chi connectivity index (χ4n) is 4.11. The molecule has 1 heterocycles. The zero-order chi connectivity index (χ0) is 21.0. The molecule has 1 amide bonds. The number of piperazine rings is 1. The molecule has 1 aromatic rings. The summed E-state index contributed by atoms with van der Waals surface area (Å²) in [5.41, 5.74) is 0. The monoisotopic (exact) mass is 429 g/mol. The highest BCUT2D eigenvalue weighted by molar-refractivity contribution is 7.89. The molecule has 29 heavy (non-hydrogen) atoms. The molecular formula is C20H29F2N3O3S. The van der Waals surface area contributed by atoms with Crippen LogP contribution in [0, 0.1) is 17.6 Å². The number of carbonyl (C=O) groups is 1. The largest absolute Gasteiger partial charge is 0.344 e. The molecule has 1 saturated carbocycles. The third-order valence-electron chi connectivity index (χ3n) is 5.88. The van der Waals surface area contributed by atoms with Crippen LogP contribution in [0.5, 0.6) is 0 Å². The van der Waals surface area contributed by atoms with Crippen molar-refractivity contribution in [1.29, 1.82) is 0 Å². The van der Waals surface area contributed by atoms with Gasteiger partial charge in [0.1, 0.15) is 16.5 Å². The van der Waals surface area contributed by atoms with Gasteiger partial charge in [-0.2, -0.15) is 4.31 Å². The molecule has 1 aliphatic heterocycles. The molecule has 0 N–H and O–H groups in total. The molecule has 0 aromatic heterocycles. The number of halogens is 2. The van der Waals surface area contributed by atoms with E-state index in [1.807, 2.05) is 11.9 Å². The Balaban J connectivity index is 1.52. The molecule has 0 spiro atoms. The van der Waals surface area contributed by atoms with E-state index in [2.05, 4.69) is 0 Å². The minimum atomic E-state index is -4.11. The molecule has 9 heteroatoms. The van der Waals surface area contributed by atoms with Crippen molar-refractivity contribution in [2.75, 3.05) is 46.3 Å². The highest BCUT2D eigenvalue weighted by atomic mass is 32.2. The fourth-order valence-corrected chi connectivity index (χ4v) is 5.61. The number of rotatable bonds is 6. The van der Waals surface area contributed by atoms with Crippen LogP contribution >= 0.6 is 0 Å². The SMILES string of the molecule is CN(CC1CCCCC1)C(=O)CN1CCN(S(=O)(=O)c2cc(F)ccc2F)CC1. The van der Waals surface area contributed by atoms with Gasteiger partial charge in [-0.25, -0.2) is 17.2 Å². The molecular weight excluding hydrogens is 400 g/mol. The van der Waals surface area contributed by atoms with Gasteiger partial charge in [-0.3, -0.25) is 9.69 Å². The fraction of sp³-hybridized carbons (Fsp3) is 0.650. The van der Waals surface area contributed by atoms with E-state index in [-0.39, 0.29) is 25.5 Å². The summed E-state index contributed by atoms with van der Waals surface area (Å²) in [5.74, 6) is -1.16. The van der Waals surface area contributed by atoms with Crippen LogP contribution in [0.2, 0.25) is 0 Å². The Labute approximate surface area is 171 Å². The Kier molecular flexibility index (Phi) is 7.23. The summed E-state index contributed by atoms with van der Waals surface area (Å²) < 4.78 is 53.7. The van der Waals surface area contributed by atoms with Crippen LogP contribution in [-0.2, 0) is 14.8 Å². The second kappa shape index (κ2) is 9.49. The van der Waals surface area contributed by atoms with Gasteiger partial charge in [0.2, 0.25) is 15.9 Å². The van der Waals surface area contributed by atoms with E-state index in [1.165, 1.54) is 32.1 Å². The van der Waals surface area contributed by atoms with E-state index < -0.39 is 26.6 Å². The Morgan fingerprint density at radius 3 is 2.41 bits per heavy atom. The molecule has 3 rings (SSSR count). The quantitative estimate of drug-likeness (QED) is 0.696. The number of amides is 1. The predicted octanol–water partition coefficient (Wildman–Crippen LogP) is 2.31. The lowest BCUT2D eigenvalue weighted by molar-refractivity contribution is -0.132. The molecule has 162 valence electrons. The molecule has 0 atom stereocenters. The highest BCUT2D eigenvalue weighted by Crippen LogP contribution is 2.24. The van der Waals surface area contributed by atoms with Crippen LogP contribution in [0.25, 0.3) is 0 Å². The van der Waals surface area contributed by atoms with Crippen molar-refractivity contribution in [3.63, 3.8) is 0 Å². The molecule has 1 aromatic carbocycles. The smallest absolute Gasteiger partial charge is 0.246 e. The van der Waals surface area contributed by atoms with Gasteiger partial charge in [0.25, 0.3) is 0 Å². The lowest BCUT2D eigenvalue weighted by Crippen LogP contribution is -2.51. The van der Waals surface area contributed by atoms with E-state index in [1.54, 1.807) is 4.90 Å². The number of nitrogens with zero attached hydrogens (tertiary/aromatic N) is 3. The average Bonchev–Trinajstić information content (AvgIpc) is 2.71. The number of hydrogen-bond donors (Lipinski definition) is 0. The Bertz CT molecular complexity index is 820. The van der Waals surface area contributed by atoms with Crippen LogP contribution in [0.15, 0.2) is 23.1 Å². The molecule has 6 nitrogen and oxygen atoms in total. The summed E-state index contributed by atoms with van der Waals surface area (Å²) >= 11 is 0. The summed E-state index contributed by atoms with van der Waals surface area (Å²) in [6, 6.07) is 2.42. The maximum absolute atomic E-state index is 13.9. The van der Waals surface area contributed by atoms with Crippen molar-refractivity contribution >= 4 is 15.9 Å². The van der Waals surface area contributed by atoms with Crippen LogP contribution in [0.1, 0.15) is 32.1 Å². The second-order valence-electron chi connectivity index (χ2n) is 8.03. The van der Waals surface area contributed by atoms with Crippen LogP contribution in [-0.4, -0.2) is 74.7 Å². The van der Waals surface area contributed by atoms with Crippen molar-refractivity contribution in [2.45, 2.75) is 37.0 Å². The standard InChI is InChI=1S/C20H29F2N3O3S/c1-23(14-16-5-3-2-4-6-16)20(26)15-24-9-11-25(12-10-24)29(27,28)19-13-17(21)7-8-18(19)22/h7-8,13,16H,2-6,9-12,14-15H2,1H3. The third kappa shape index (κ3) is 5.52. The minimum absolute atomic E-state index is 0.0306. The molecule has 2 fully saturated rings. The van der Waals surface area contributed by atoms with Gasteiger partial charge in [-0.15, -0.1) is 0 Å². The predicted molar refractivity (Wildman–Crippen MR) is 106 cm³/mol. The van der Waals surface area contributed by atoms with Crippen molar-refractivity contribution < 1.29 is 22.0 Å². The first-order valence-electron chi connectivity index (χ1n) is 10.2. The van der Waals surface area contributed by atoms with Crippen LogP contribution in [0.4, 0.5) is 8.78 Å². The highest BCUT2D eigenvalue weighted by Gasteiger charge is 2.32. The summed E-state index contributed by atoms with van der Waals surface area (Å²) in [4.78, 5) is 15.6. The zero-order valence-electron chi connectivity index (χ0n) is 16.8. The minimum Gasteiger partial charge on any atom is -0.344 e. The van der Waals surface area contributed by atoms with E-state index in [9.17, 15) is 22.0 Å². The van der Waals surface area contributed by atoms with Gasteiger partial charge >= 0.3 is 0 Å². The van der Waals surface area contributed by atoms with Gasteiger partial charge in [-0.1, -0.05) is 19.3 Å². The van der Waals surface area contributed by atoms with Crippen molar-refractivity contribution in [2.24, 2.45) is 5.92 Å². The van der Waals surface area contributed by atoms with Gasteiger partial charge in [0.05, 0.1) is 6.54 Å². The van der Waals surface area contributed by atoms with E-state index in [0.717, 1.165) is 23.0 Å². The molecule has 1 saturated heterocycles. The zero-order valence-corrected chi connectivity index (χ0v) is 17.6. The lowest BCUT2D eigenvalue weighted by Gasteiger charge is -2.35. The van der Waals surface area contributed by atoms with Gasteiger partial charge in [-0.05, 0) is 37.0 Å². The average molecular weight is 430 g/mol. The van der Waals surface area contributed by atoms with Crippen molar-refractivity contribution in [1.82, 2.24) is 14.1 Å². The first kappa shape index (κ1) is 22.1. The van der Waals surface area contributed by atoms with Crippen LogP contribution in [0.3, 0.4) is 0 Å². The number of carbonyl (C=O) groups excluding carboxylic acids is 1.